The Morgan fingerprint density at radius 1 is 1.53 bits per heavy atom. The minimum atomic E-state index is 0.630. The van der Waals surface area contributed by atoms with Gasteiger partial charge in [0.05, 0.1) is 5.01 Å². The Bertz CT molecular complexity index is 427. The van der Waals surface area contributed by atoms with Crippen LogP contribution in [-0.4, -0.2) is 22.6 Å². The van der Waals surface area contributed by atoms with E-state index < -0.39 is 0 Å². The van der Waals surface area contributed by atoms with E-state index in [-0.39, 0.29) is 0 Å². The van der Waals surface area contributed by atoms with Crippen molar-refractivity contribution in [2.75, 3.05) is 6.54 Å². The summed E-state index contributed by atoms with van der Waals surface area (Å²) < 4.78 is 0. The van der Waals surface area contributed by atoms with E-state index in [0.717, 1.165) is 23.3 Å². The number of pyridine rings is 1. The topological polar surface area (TPSA) is 37.8 Å². The van der Waals surface area contributed by atoms with Crippen molar-refractivity contribution in [1.82, 2.24) is 15.3 Å². The van der Waals surface area contributed by atoms with Crippen molar-refractivity contribution in [2.24, 2.45) is 0 Å². The van der Waals surface area contributed by atoms with Crippen molar-refractivity contribution in [1.29, 1.82) is 0 Å². The summed E-state index contributed by atoms with van der Waals surface area (Å²) in [6, 6.07) is 4.61. The second-order valence-corrected chi connectivity index (χ2v) is 4.99. The monoisotopic (exact) mass is 219 g/mol. The Kier molecular flexibility index (Phi) is 2.38. The predicted molar refractivity (Wildman–Crippen MR) is 62.1 cm³/mol. The van der Waals surface area contributed by atoms with Crippen molar-refractivity contribution < 1.29 is 0 Å². The maximum absolute atomic E-state index is 4.59. The highest BCUT2D eigenvalue weighted by molar-refractivity contribution is 7.18. The van der Waals surface area contributed by atoms with Gasteiger partial charge in [-0.3, -0.25) is 0 Å². The summed E-state index contributed by atoms with van der Waals surface area (Å²) in [7, 11) is 0. The van der Waals surface area contributed by atoms with E-state index in [1.54, 1.807) is 11.3 Å². The molecule has 3 nitrogen and oxygen atoms in total. The number of nitrogens with one attached hydrogen (secondary N) is 1. The summed E-state index contributed by atoms with van der Waals surface area (Å²) in [5, 5.41) is 4.71. The molecule has 2 aromatic heterocycles. The molecule has 0 aliphatic carbocycles. The number of aromatic nitrogens is 2. The Labute approximate surface area is 92.6 Å². The van der Waals surface area contributed by atoms with Crippen LogP contribution >= 0.6 is 11.3 Å². The van der Waals surface area contributed by atoms with Gasteiger partial charge in [0, 0.05) is 18.7 Å². The summed E-state index contributed by atoms with van der Waals surface area (Å²) in [6.45, 7) is 1.16. The minimum absolute atomic E-state index is 0.630. The van der Waals surface area contributed by atoms with Gasteiger partial charge >= 0.3 is 0 Å². The number of hydrogen-bond acceptors (Lipinski definition) is 4. The van der Waals surface area contributed by atoms with Crippen LogP contribution in [0.1, 0.15) is 17.8 Å². The zero-order chi connectivity index (χ0) is 10.1. The molecular formula is C11H13N3S. The van der Waals surface area contributed by atoms with E-state index in [2.05, 4.69) is 15.3 Å². The predicted octanol–water partition coefficient (Wildman–Crippen LogP) is 1.99. The fourth-order valence-electron chi connectivity index (χ4n) is 2.04. The summed E-state index contributed by atoms with van der Waals surface area (Å²) >= 11 is 1.72. The van der Waals surface area contributed by atoms with Gasteiger partial charge in [0.25, 0.3) is 0 Å². The Morgan fingerprint density at radius 3 is 3.33 bits per heavy atom. The first kappa shape index (κ1) is 9.24. The molecule has 1 fully saturated rings. The van der Waals surface area contributed by atoms with Gasteiger partial charge in [-0.05, 0) is 31.5 Å². The third-order valence-electron chi connectivity index (χ3n) is 2.79. The third kappa shape index (κ3) is 1.87. The molecule has 15 heavy (non-hydrogen) atoms. The average Bonchev–Trinajstić information content (AvgIpc) is 2.86. The third-order valence-corrected chi connectivity index (χ3v) is 3.80. The van der Waals surface area contributed by atoms with Crippen LogP contribution in [0, 0.1) is 0 Å². The molecule has 1 N–H and O–H groups in total. The molecule has 1 aliphatic heterocycles. The molecule has 1 aliphatic rings. The van der Waals surface area contributed by atoms with Crippen LogP contribution in [0.3, 0.4) is 0 Å². The average molecular weight is 219 g/mol. The number of nitrogens with zero attached hydrogens (tertiary/aromatic N) is 2. The molecule has 1 unspecified atom stereocenters. The molecule has 3 rings (SSSR count). The fraction of sp³-hybridized carbons (Fsp3) is 0.455. The zero-order valence-electron chi connectivity index (χ0n) is 8.44. The number of hydrogen-bond donors (Lipinski definition) is 1. The van der Waals surface area contributed by atoms with Crippen LogP contribution < -0.4 is 5.32 Å². The summed E-state index contributed by atoms with van der Waals surface area (Å²) in [5.41, 5.74) is 1.04. The maximum atomic E-state index is 4.59. The van der Waals surface area contributed by atoms with Crippen LogP contribution in [0.15, 0.2) is 18.3 Å². The lowest BCUT2D eigenvalue weighted by molar-refractivity contribution is 0.602. The Morgan fingerprint density at radius 2 is 2.53 bits per heavy atom. The SMILES string of the molecule is c1cnc2sc(CC3CCCN3)nc2c1. The van der Waals surface area contributed by atoms with E-state index in [0.29, 0.717) is 6.04 Å². The second kappa shape index (κ2) is 3.87. The van der Waals surface area contributed by atoms with E-state index in [1.165, 1.54) is 17.8 Å². The van der Waals surface area contributed by atoms with Crippen molar-refractivity contribution >= 4 is 21.7 Å². The molecular weight excluding hydrogens is 206 g/mol. The first-order valence-corrected chi connectivity index (χ1v) is 6.17. The van der Waals surface area contributed by atoms with Gasteiger partial charge in [-0.25, -0.2) is 9.97 Å². The Balaban J connectivity index is 1.84. The normalized spacial score (nSPS) is 21.2. The van der Waals surface area contributed by atoms with Gasteiger partial charge in [-0.15, -0.1) is 0 Å². The van der Waals surface area contributed by atoms with Crippen LogP contribution in [0.4, 0.5) is 0 Å². The lowest BCUT2D eigenvalue weighted by atomic mass is 10.2. The lowest BCUT2D eigenvalue weighted by Crippen LogP contribution is -2.23. The quantitative estimate of drug-likeness (QED) is 0.839. The molecule has 3 heterocycles. The highest BCUT2D eigenvalue weighted by Gasteiger charge is 2.16. The van der Waals surface area contributed by atoms with E-state index in [1.807, 2.05) is 18.3 Å². The van der Waals surface area contributed by atoms with E-state index >= 15 is 0 Å². The highest BCUT2D eigenvalue weighted by atomic mass is 32.1. The van der Waals surface area contributed by atoms with Crippen LogP contribution in [0.5, 0.6) is 0 Å². The minimum Gasteiger partial charge on any atom is -0.314 e. The number of fused-ring (bicyclic) bond motifs is 1. The van der Waals surface area contributed by atoms with Gasteiger partial charge in [0.1, 0.15) is 10.3 Å². The van der Waals surface area contributed by atoms with Crippen molar-refractivity contribution in [2.45, 2.75) is 25.3 Å². The summed E-state index contributed by atoms with van der Waals surface area (Å²) in [4.78, 5) is 9.96. The first-order valence-electron chi connectivity index (χ1n) is 5.35. The summed E-state index contributed by atoms with van der Waals surface area (Å²) in [6.07, 6.45) is 5.47. The van der Waals surface area contributed by atoms with Gasteiger partial charge in [-0.2, -0.15) is 0 Å². The van der Waals surface area contributed by atoms with Gasteiger partial charge in [0.2, 0.25) is 0 Å². The fourth-order valence-corrected chi connectivity index (χ4v) is 3.03. The summed E-state index contributed by atoms with van der Waals surface area (Å²) in [5.74, 6) is 0. The standard InChI is InChI=1S/C11H13N3S/c1-3-8(12-5-1)7-10-14-9-4-2-6-13-11(9)15-10/h2,4,6,8,12H,1,3,5,7H2. The van der Waals surface area contributed by atoms with Crippen LogP contribution in [0.25, 0.3) is 10.3 Å². The van der Waals surface area contributed by atoms with Crippen LogP contribution in [-0.2, 0) is 6.42 Å². The molecule has 78 valence electrons. The van der Waals surface area contributed by atoms with Crippen molar-refractivity contribution in [3.05, 3.63) is 23.3 Å². The second-order valence-electron chi connectivity index (χ2n) is 3.93. The van der Waals surface area contributed by atoms with E-state index in [9.17, 15) is 0 Å². The van der Waals surface area contributed by atoms with E-state index in [4.69, 9.17) is 0 Å². The molecule has 1 saturated heterocycles. The molecule has 4 heteroatoms. The molecule has 0 saturated carbocycles. The molecule has 0 spiro atoms. The lowest BCUT2D eigenvalue weighted by Gasteiger charge is -2.05. The Hall–Kier alpha value is -1.00. The van der Waals surface area contributed by atoms with Crippen molar-refractivity contribution in [3.8, 4) is 0 Å². The molecule has 2 aromatic rings. The van der Waals surface area contributed by atoms with Crippen LogP contribution in [0.2, 0.25) is 0 Å². The van der Waals surface area contributed by atoms with Crippen molar-refractivity contribution in [3.63, 3.8) is 0 Å². The largest absolute Gasteiger partial charge is 0.314 e. The van der Waals surface area contributed by atoms with Gasteiger partial charge < -0.3 is 5.32 Å². The number of rotatable bonds is 2. The number of thiazole rings is 1. The molecule has 0 bridgehead atoms. The molecule has 1 atom stereocenters. The first-order chi connectivity index (χ1) is 7.42. The van der Waals surface area contributed by atoms with Gasteiger partial charge in [-0.1, -0.05) is 11.3 Å². The smallest absolute Gasteiger partial charge is 0.143 e. The molecule has 0 radical (unpaired) electrons. The molecule has 0 aromatic carbocycles. The molecule has 0 amide bonds. The zero-order valence-corrected chi connectivity index (χ0v) is 9.26. The maximum Gasteiger partial charge on any atom is 0.143 e. The van der Waals surface area contributed by atoms with Gasteiger partial charge in [0.15, 0.2) is 0 Å². The highest BCUT2D eigenvalue weighted by Crippen LogP contribution is 2.21.